The number of carbonyl (C=O) groups excluding carboxylic acids is 2. The molecule has 26 heavy (non-hydrogen) atoms. The number of aromatic nitrogens is 1. The van der Waals surface area contributed by atoms with E-state index in [1.165, 1.54) is 6.42 Å². The van der Waals surface area contributed by atoms with Gasteiger partial charge in [0.25, 0.3) is 5.91 Å². The summed E-state index contributed by atoms with van der Waals surface area (Å²) < 4.78 is 0. The van der Waals surface area contributed by atoms with Crippen LogP contribution in [-0.4, -0.2) is 32.7 Å². The summed E-state index contributed by atoms with van der Waals surface area (Å²) in [5, 5.41) is 11.5. The molecule has 2 aliphatic rings. The number of aliphatic hydroxyl groups excluding tert-OH is 1. The van der Waals surface area contributed by atoms with Crippen molar-refractivity contribution in [3.63, 3.8) is 0 Å². The number of carbonyl (C=O) groups is 2. The van der Waals surface area contributed by atoms with Gasteiger partial charge in [-0.05, 0) is 18.9 Å². The Labute approximate surface area is 152 Å². The van der Waals surface area contributed by atoms with Gasteiger partial charge in [-0.2, -0.15) is 0 Å². The van der Waals surface area contributed by atoms with E-state index in [9.17, 15) is 14.7 Å². The van der Waals surface area contributed by atoms with Gasteiger partial charge in [-0.3, -0.25) is 9.59 Å². The summed E-state index contributed by atoms with van der Waals surface area (Å²) in [5.41, 5.74) is 2.11. The molecule has 1 atom stereocenters. The molecule has 1 saturated carbocycles. The van der Waals surface area contributed by atoms with Gasteiger partial charge in [-0.1, -0.05) is 44.4 Å². The van der Waals surface area contributed by atoms with Crippen LogP contribution in [-0.2, 0) is 9.59 Å². The predicted octanol–water partition coefficient (Wildman–Crippen LogP) is 4.18. The highest BCUT2D eigenvalue weighted by molar-refractivity contribution is 6.09. The van der Waals surface area contributed by atoms with Crippen molar-refractivity contribution in [2.45, 2.75) is 57.5 Å². The molecule has 4 rings (SSSR count). The first-order valence-electron chi connectivity index (χ1n) is 9.48. The zero-order valence-corrected chi connectivity index (χ0v) is 15.0. The van der Waals surface area contributed by atoms with Gasteiger partial charge in [-0.25, -0.2) is 0 Å². The number of hydrogen-bond acceptors (Lipinski definition) is 3. The maximum Gasteiger partial charge on any atom is 0.290 e. The summed E-state index contributed by atoms with van der Waals surface area (Å²) in [6.45, 7) is 1.77. The molecule has 0 radical (unpaired) electrons. The van der Waals surface area contributed by atoms with E-state index in [1.54, 1.807) is 11.8 Å². The van der Waals surface area contributed by atoms with Gasteiger partial charge in [-0.15, -0.1) is 0 Å². The number of nitrogens with one attached hydrogen (secondary N) is 1. The Kier molecular flexibility index (Phi) is 4.31. The lowest BCUT2D eigenvalue weighted by Gasteiger charge is -2.36. The van der Waals surface area contributed by atoms with Crippen LogP contribution in [0.2, 0.25) is 0 Å². The quantitative estimate of drug-likeness (QED) is 0.867. The topological polar surface area (TPSA) is 73.4 Å². The van der Waals surface area contributed by atoms with Crippen molar-refractivity contribution in [2.24, 2.45) is 0 Å². The first-order chi connectivity index (χ1) is 12.6. The standard InChI is InChI=1S/C21H24N2O3/c1-2-17(24)18-19(15-12-22-16-11-7-6-10-14(15)16)23(21(26)20(18)25)13-8-4-3-5-9-13/h6-7,10-13,19,22,25H,2-5,8-9H2,1H3. The van der Waals surface area contributed by atoms with Crippen LogP contribution >= 0.6 is 0 Å². The number of rotatable bonds is 4. The lowest BCUT2D eigenvalue weighted by molar-refractivity contribution is -0.132. The summed E-state index contributed by atoms with van der Waals surface area (Å²) in [5.74, 6) is -0.925. The van der Waals surface area contributed by atoms with E-state index in [4.69, 9.17) is 0 Å². The lowest BCUT2D eigenvalue weighted by Crippen LogP contribution is -2.41. The summed E-state index contributed by atoms with van der Waals surface area (Å²) in [7, 11) is 0. The van der Waals surface area contributed by atoms with E-state index in [0.717, 1.165) is 42.1 Å². The minimum absolute atomic E-state index is 0.0687. The number of nitrogens with zero attached hydrogens (tertiary/aromatic N) is 1. The molecule has 0 saturated heterocycles. The molecule has 2 aromatic rings. The number of para-hydroxylation sites is 1. The molecule has 1 unspecified atom stereocenters. The van der Waals surface area contributed by atoms with Gasteiger partial charge in [0.2, 0.25) is 0 Å². The molecule has 5 nitrogen and oxygen atoms in total. The van der Waals surface area contributed by atoms with Gasteiger partial charge >= 0.3 is 0 Å². The molecule has 0 bridgehead atoms. The van der Waals surface area contributed by atoms with Gasteiger partial charge in [0, 0.05) is 35.1 Å². The van der Waals surface area contributed by atoms with Crippen molar-refractivity contribution in [3.8, 4) is 0 Å². The third-order valence-electron chi connectivity index (χ3n) is 5.75. The van der Waals surface area contributed by atoms with Crippen molar-refractivity contribution in [2.75, 3.05) is 0 Å². The highest BCUT2D eigenvalue weighted by Crippen LogP contribution is 2.44. The molecule has 1 aliphatic carbocycles. The second-order valence-corrected chi connectivity index (χ2v) is 7.24. The third kappa shape index (κ3) is 2.54. The Morgan fingerprint density at radius 2 is 1.96 bits per heavy atom. The number of H-pyrrole nitrogens is 1. The predicted molar refractivity (Wildman–Crippen MR) is 99.7 cm³/mol. The summed E-state index contributed by atoms with van der Waals surface area (Å²) >= 11 is 0. The lowest BCUT2D eigenvalue weighted by atomic mass is 9.90. The third-order valence-corrected chi connectivity index (χ3v) is 5.75. The van der Waals surface area contributed by atoms with Crippen molar-refractivity contribution in [1.29, 1.82) is 0 Å². The van der Waals surface area contributed by atoms with Crippen molar-refractivity contribution < 1.29 is 14.7 Å². The molecule has 1 amide bonds. The zero-order chi connectivity index (χ0) is 18.3. The second kappa shape index (κ2) is 6.63. The van der Waals surface area contributed by atoms with Gasteiger partial charge in [0.15, 0.2) is 11.5 Å². The van der Waals surface area contributed by atoms with E-state index in [1.807, 2.05) is 30.5 Å². The van der Waals surface area contributed by atoms with Gasteiger partial charge in [0.1, 0.15) is 0 Å². The Morgan fingerprint density at radius 3 is 2.69 bits per heavy atom. The molecule has 2 N–H and O–H groups in total. The summed E-state index contributed by atoms with van der Waals surface area (Å²) in [6.07, 6.45) is 7.32. The number of amides is 1. The number of aromatic amines is 1. The minimum atomic E-state index is -0.505. The Morgan fingerprint density at radius 1 is 1.23 bits per heavy atom. The number of ketones is 1. The smallest absolute Gasteiger partial charge is 0.290 e. The van der Waals surface area contributed by atoms with Crippen molar-refractivity contribution in [1.82, 2.24) is 9.88 Å². The van der Waals surface area contributed by atoms with Crippen LogP contribution in [0.5, 0.6) is 0 Å². The van der Waals surface area contributed by atoms with Gasteiger partial charge < -0.3 is 15.0 Å². The molecular weight excluding hydrogens is 328 g/mol. The highest BCUT2D eigenvalue weighted by atomic mass is 16.3. The van der Waals surface area contributed by atoms with Crippen LogP contribution < -0.4 is 0 Å². The number of hydrogen-bond donors (Lipinski definition) is 2. The molecule has 5 heteroatoms. The fraction of sp³-hybridized carbons (Fsp3) is 0.429. The normalized spacial score (nSPS) is 21.8. The first kappa shape index (κ1) is 16.9. The minimum Gasteiger partial charge on any atom is -0.503 e. The van der Waals surface area contributed by atoms with Crippen LogP contribution in [0.15, 0.2) is 41.8 Å². The molecule has 1 aromatic carbocycles. The molecular formula is C21H24N2O3. The van der Waals surface area contributed by atoms with Crippen LogP contribution in [0.3, 0.4) is 0 Å². The Hall–Kier alpha value is -2.56. The van der Waals surface area contributed by atoms with E-state index < -0.39 is 11.9 Å². The van der Waals surface area contributed by atoms with Crippen LogP contribution in [0.25, 0.3) is 10.9 Å². The highest BCUT2D eigenvalue weighted by Gasteiger charge is 2.46. The number of Topliss-reactive ketones (excluding diaryl/α,β-unsaturated/α-hetero) is 1. The average molecular weight is 352 g/mol. The fourth-order valence-electron chi connectivity index (χ4n) is 4.46. The second-order valence-electron chi connectivity index (χ2n) is 7.24. The molecule has 0 spiro atoms. The Bertz CT molecular complexity index is 890. The van der Waals surface area contributed by atoms with E-state index in [0.29, 0.717) is 0 Å². The van der Waals surface area contributed by atoms with E-state index in [2.05, 4.69) is 4.98 Å². The maximum atomic E-state index is 12.9. The van der Waals surface area contributed by atoms with E-state index >= 15 is 0 Å². The average Bonchev–Trinajstić information content (AvgIpc) is 3.21. The van der Waals surface area contributed by atoms with Crippen LogP contribution in [0.1, 0.15) is 57.1 Å². The molecule has 1 aromatic heterocycles. The SMILES string of the molecule is CCC(=O)C1=C(O)C(=O)N(C2CCCCC2)C1c1c[nH]c2ccccc12. The van der Waals surface area contributed by atoms with Crippen molar-refractivity contribution in [3.05, 3.63) is 47.4 Å². The maximum absolute atomic E-state index is 12.9. The monoisotopic (exact) mass is 352 g/mol. The largest absolute Gasteiger partial charge is 0.503 e. The molecule has 1 fully saturated rings. The number of fused-ring (bicyclic) bond motifs is 1. The molecule has 136 valence electrons. The fourth-order valence-corrected chi connectivity index (χ4v) is 4.46. The summed E-state index contributed by atoms with van der Waals surface area (Å²) in [6, 6.07) is 7.44. The molecule has 1 aliphatic heterocycles. The number of benzene rings is 1. The molecule has 2 heterocycles. The van der Waals surface area contributed by atoms with Gasteiger partial charge in [0.05, 0.1) is 11.6 Å². The zero-order valence-electron chi connectivity index (χ0n) is 15.0. The number of aliphatic hydroxyl groups is 1. The van der Waals surface area contributed by atoms with E-state index in [-0.39, 0.29) is 29.6 Å². The summed E-state index contributed by atoms with van der Waals surface area (Å²) in [4.78, 5) is 30.6. The van der Waals surface area contributed by atoms with Crippen LogP contribution in [0.4, 0.5) is 0 Å². The first-order valence-corrected chi connectivity index (χ1v) is 9.48. The van der Waals surface area contributed by atoms with Crippen LogP contribution in [0, 0.1) is 0 Å². The Balaban J connectivity index is 1.86. The van der Waals surface area contributed by atoms with Crippen molar-refractivity contribution >= 4 is 22.6 Å².